The fraction of sp³-hybridized carbons (Fsp3) is 0.0476. The van der Waals surface area contributed by atoms with Gasteiger partial charge in [0.25, 0.3) is 0 Å². The molecule has 0 unspecified atom stereocenters. The predicted octanol–water partition coefficient (Wildman–Crippen LogP) is 4.74. The molecule has 3 rings (SSSR count). The molecule has 0 spiro atoms. The van der Waals surface area contributed by atoms with Gasteiger partial charge in [0.15, 0.2) is 0 Å². The fourth-order valence-electron chi connectivity index (χ4n) is 1.55. The van der Waals surface area contributed by atoms with E-state index in [0.717, 1.165) is 5.75 Å². The molecule has 0 aliphatic rings. The third-order valence-electron chi connectivity index (χ3n) is 2.72. The van der Waals surface area contributed by atoms with Crippen LogP contribution in [0.1, 0.15) is 0 Å². The van der Waals surface area contributed by atoms with Crippen LogP contribution in [-0.4, -0.2) is 21.9 Å². The second kappa shape index (κ2) is 12.1. The summed E-state index contributed by atoms with van der Waals surface area (Å²) in [5, 5.41) is 26.2. The lowest BCUT2D eigenvalue weighted by atomic mass is 10.3. The van der Waals surface area contributed by atoms with Crippen molar-refractivity contribution in [1.82, 2.24) is 0 Å². The molecule has 25 heavy (non-hydrogen) atoms. The average Bonchev–Trinajstić information content (AvgIpc) is 2.64. The van der Waals surface area contributed by atoms with Crippen LogP contribution in [-0.2, 0) is 0 Å². The minimum Gasteiger partial charge on any atom is -0.508 e. The number of ether oxygens (including phenoxy) is 1. The summed E-state index contributed by atoms with van der Waals surface area (Å²) >= 11 is 0. The fourth-order valence-corrected chi connectivity index (χ4v) is 1.55. The second-order valence-corrected chi connectivity index (χ2v) is 4.76. The van der Waals surface area contributed by atoms with Gasteiger partial charge in [0.2, 0.25) is 0 Å². The first-order valence-corrected chi connectivity index (χ1v) is 7.62. The summed E-state index contributed by atoms with van der Waals surface area (Å²) in [5.41, 5.74) is 0. The van der Waals surface area contributed by atoms with Crippen LogP contribution in [0.4, 0.5) is 0 Å². The highest BCUT2D eigenvalue weighted by Crippen LogP contribution is 2.15. The van der Waals surface area contributed by atoms with Gasteiger partial charge in [-0.15, -0.1) is 0 Å². The Balaban J connectivity index is 0.000000195. The molecular formula is C21H22O4. The van der Waals surface area contributed by atoms with Gasteiger partial charge < -0.3 is 20.1 Å². The maximum absolute atomic E-state index is 8.91. The summed E-state index contributed by atoms with van der Waals surface area (Å²) in [6.07, 6.45) is 1.67. The van der Waals surface area contributed by atoms with Gasteiger partial charge in [-0.2, -0.15) is 0 Å². The molecule has 0 bridgehead atoms. The zero-order valence-electron chi connectivity index (χ0n) is 13.8. The van der Waals surface area contributed by atoms with Crippen molar-refractivity contribution >= 4 is 0 Å². The summed E-state index contributed by atoms with van der Waals surface area (Å²) in [6.45, 7) is 4.01. The third-order valence-corrected chi connectivity index (χ3v) is 2.72. The molecule has 130 valence electrons. The summed E-state index contributed by atoms with van der Waals surface area (Å²) < 4.78 is 5.18. The number of phenolic OH excluding ortho intramolecular Hbond substituents is 3. The number of para-hydroxylation sites is 2. The Morgan fingerprint density at radius 3 is 1.36 bits per heavy atom. The van der Waals surface area contributed by atoms with Gasteiger partial charge in [-0.1, -0.05) is 49.1 Å². The number of benzene rings is 3. The lowest BCUT2D eigenvalue weighted by Gasteiger charge is -2.01. The van der Waals surface area contributed by atoms with Gasteiger partial charge in [0.05, 0.1) is 0 Å². The Bertz CT molecular complexity index is 657. The molecule has 4 heteroatoms. The molecule has 0 saturated heterocycles. The van der Waals surface area contributed by atoms with Crippen LogP contribution in [0.15, 0.2) is 97.6 Å². The normalized spacial score (nSPS) is 8.80. The van der Waals surface area contributed by atoms with Crippen molar-refractivity contribution in [2.45, 2.75) is 0 Å². The van der Waals surface area contributed by atoms with Crippen LogP contribution >= 0.6 is 0 Å². The number of hydrogen-bond acceptors (Lipinski definition) is 4. The van der Waals surface area contributed by atoms with E-state index in [1.54, 1.807) is 78.9 Å². The first-order valence-electron chi connectivity index (χ1n) is 7.62. The summed E-state index contributed by atoms with van der Waals surface area (Å²) in [7, 11) is 0. The van der Waals surface area contributed by atoms with Crippen molar-refractivity contribution in [3.8, 4) is 23.0 Å². The highest BCUT2D eigenvalue weighted by molar-refractivity contribution is 5.30. The maximum Gasteiger partial charge on any atom is 0.120 e. The lowest BCUT2D eigenvalue weighted by molar-refractivity contribution is 0.362. The Morgan fingerprint density at radius 2 is 1.04 bits per heavy atom. The Labute approximate surface area is 147 Å². The van der Waals surface area contributed by atoms with Crippen LogP contribution in [0.5, 0.6) is 23.0 Å². The number of rotatable bonds is 3. The molecule has 3 aromatic rings. The standard InChI is InChI=1S/C9H10O2.2C6H6O/c1-2-7-11-9-5-3-8(10)4-6-9;2*7-6-4-2-1-3-5-6/h2-6,10H,1,7H2;2*1-5,7H. The Morgan fingerprint density at radius 1 is 0.640 bits per heavy atom. The van der Waals surface area contributed by atoms with Crippen LogP contribution in [0, 0.1) is 0 Å². The van der Waals surface area contributed by atoms with E-state index in [-0.39, 0.29) is 5.75 Å². The van der Waals surface area contributed by atoms with Crippen LogP contribution in [0.25, 0.3) is 0 Å². The van der Waals surface area contributed by atoms with E-state index in [9.17, 15) is 0 Å². The molecule has 3 N–H and O–H groups in total. The van der Waals surface area contributed by atoms with Crippen LogP contribution in [0.3, 0.4) is 0 Å². The van der Waals surface area contributed by atoms with E-state index >= 15 is 0 Å². The minimum absolute atomic E-state index is 0.246. The van der Waals surface area contributed by atoms with E-state index in [2.05, 4.69) is 6.58 Å². The smallest absolute Gasteiger partial charge is 0.120 e. The highest BCUT2D eigenvalue weighted by Gasteiger charge is 1.90. The molecule has 0 aliphatic heterocycles. The van der Waals surface area contributed by atoms with E-state index in [4.69, 9.17) is 20.1 Å². The zero-order chi connectivity index (χ0) is 18.3. The SMILES string of the molecule is C=CCOc1ccc(O)cc1.Oc1ccccc1.Oc1ccccc1. The first kappa shape index (κ1) is 19.6. The number of phenols is 3. The van der Waals surface area contributed by atoms with Gasteiger partial charge in [0, 0.05) is 0 Å². The number of hydrogen-bond donors (Lipinski definition) is 3. The second-order valence-electron chi connectivity index (χ2n) is 4.76. The molecule has 3 aromatic carbocycles. The molecule has 0 radical (unpaired) electrons. The topological polar surface area (TPSA) is 69.9 Å². The van der Waals surface area contributed by atoms with Gasteiger partial charge in [-0.3, -0.25) is 0 Å². The monoisotopic (exact) mass is 338 g/mol. The van der Waals surface area contributed by atoms with Crippen LogP contribution < -0.4 is 4.74 Å². The molecule has 0 amide bonds. The third kappa shape index (κ3) is 10.1. The van der Waals surface area contributed by atoms with E-state index in [0.29, 0.717) is 18.1 Å². The molecule has 0 fully saturated rings. The molecule has 4 nitrogen and oxygen atoms in total. The highest BCUT2D eigenvalue weighted by atomic mass is 16.5. The van der Waals surface area contributed by atoms with Gasteiger partial charge in [-0.05, 0) is 48.5 Å². The quantitative estimate of drug-likeness (QED) is 0.603. The maximum atomic E-state index is 8.91. The van der Waals surface area contributed by atoms with Crippen molar-refractivity contribution in [2.75, 3.05) is 6.61 Å². The first-order chi connectivity index (χ1) is 12.1. The van der Waals surface area contributed by atoms with Gasteiger partial charge in [-0.25, -0.2) is 0 Å². The minimum atomic E-state index is 0.246. The van der Waals surface area contributed by atoms with Crippen molar-refractivity contribution in [1.29, 1.82) is 0 Å². The summed E-state index contributed by atoms with van der Waals surface area (Å²) in [4.78, 5) is 0. The van der Waals surface area contributed by atoms with Crippen molar-refractivity contribution in [3.05, 3.63) is 97.6 Å². The van der Waals surface area contributed by atoms with Crippen molar-refractivity contribution < 1.29 is 20.1 Å². The molecule has 0 heterocycles. The molecular weight excluding hydrogens is 316 g/mol. The predicted molar refractivity (Wildman–Crippen MR) is 100 cm³/mol. The summed E-state index contributed by atoms with van der Waals surface area (Å²) in [6, 6.07) is 24.0. The largest absolute Gasteiger partial charge is 0.508 e. The molecule has 0 aromatic heterocycles. The molecule has 0 saturated carbocycles. The molecule has 0 atom stereocenters. The number of aromatic hydroxyl groups is 3. The van der Waals surface area contributed by atoms with E-state index < -0.39 is 0 Å². The zero-order valence-corrected chi connectivity index (χ0v) is 13.8. The van der Waals surface area contributed by atoms with Crippen molar-refractivity contribution in [3.63, 3.8) is 0 Å². The Hall–Kier alpha value is -3.40. The van der Waals surface area contributed by atoms with Gasteiger partial charge >= 0.3 is 0 Å². The molecule has 0 aliphatic carbocycles. The van der Waals surface area contributed by atoms with E-state index in [1.165, 1.54) is 0 Å². The Kier molecular flexibility index (Phi) is 9.49. The van der Waals surface area contributed by atoms with Crippen molar-refractivity contribution in [2.24, 2.45) is 0 Å². The van der Waals surface area contributed by atoms with Gasteiger partial charge in [0.1, 0.15) is 29.6 Å². The summed E-state index contributed by atoms with van der Waals surface area (Å²) in [5.74, 6) is 1.63. The van der Waals surface area contributed by atoms with Crippen LogP contribution in [0.2, 0.25) is 0 Å². The average molecular weight is 338 g/mol. The lowest BCUT2D eigenvalue weighted by Crippen LogP contribution is -1.91. The van der Waals surface area contributed by atoms with E-state index in [1.807, 2.05) is 12.1 Å².